The molecule has 2 aromatic rings. The Morgan fingerprint density at radius 3 is 2.50 bits per heavy atom. The van der Waals surface area contributed by atoms with Gasteiger partial charge in [0, 0.05) is 5.56 Å². The summed E-state index contributed by atoms with van der Waals surface area (Å²) in [6.07, 6.45) is 2.00. The summed E-state index contributed by atoms with van der Waals surface area (Å²) < 4.78 is 6.10. The lowest BCUT2D eigenvalue weighted by molar-refractivity contribution is 0.415. The molecule has 0 spiro atoms. The Bertz CT molecular complexity index is 479. The van der Waals surface area contributed by atoms with Crippen molar-refractivity contribution in [2.75, 3.05) is 19.1 Å². The van der Waals surface area contributed by atoms with Gasteiger partial charge in [0.15, 0.2) is 4.34 Å². The quantitative estimate of drug-likeness (QED) is 0.853. The number of nitrogens with two attached hydrogens (primary N) is 1. The fraction of sp³-hybridized carbons (Fsp3) is 0.182. The number of thiazole rings is 1. The van der Waals surface area contributed by atoms with Crippen molar-refractivity contribution in [1.29, 1.82) is 0 Å². The van der Waals surface area contributed by atoms with Crippen molar-refractivity contribution in [3.8, 4) is 17.0 Å². The Labute approximate surface area is 103 Å². The van der Waals surface area contributed by atoms with Crippen LogP contribution in [0.2, 0.25) is 0 Å². The fourth-order valence-corrected chi connectivity index (χ4v) is 2.73. The third-order valence-corrected chi connectivity index (χ3v) is 4.04. The molecule has 5 heteroatoms. The molecule has 0 radical (unpaired) electrons. The number of nitrogens with zero attached hydrogens (tertiary/aromatic N) is 1. The molecular weight excluding hydrogens is 240 g/mol. The highest BCUT2D eigenvalue weighted by Crippen LogP contribution is 2.34. The van der Waals surface area contributed by atoms with Crippen LogP contribution in [0.4, 0.5) is 5.00 Å². The number of thioether (sulfide) groups is 1. The van der Waals surface area contributed by atoms with Crippen LogP contribution in [-0.4, -0.2) is 18.3 Å². The number of benzene rings is 1. The number of aromatic nitrogens is 1. The molecule has 0 fully saturated rings. The molecule has 0 aliphatic rings. The standard InChI is InChI=1S/C11H12N2OS2/c1-14-8-5-3-7(4-6-8)9-10(12)16-11(13-9)15-2/h3-6H,12H2,1-2H3. The van der Waals surface area contributed by atoms with Crippen molar-refractivity contribution in [3.05, 3.63) is 24.3 Å². The first kappa shape index (κ1) is 11.3. The van der Waals surface area contributed by atoms with Crippen LogP contribution in [0, 0.1) is 0 Å². The van der Waals surface area contributed by atoms with Gasteiger partial charge in [-0.2, -0.15) is 0 Å². The third kappa shape index (κ3) is 2.15. The van der Waals surface area contributed by atoms with E-state index in [0.29, 0.717) is 0 Å². The molecule has 84 valence electrons. The lowest BCUT2D eigenvalue weighted by atomic mass is 10.1. The number of rotatable bonds is 3. The molecule has 0 saturated carbocycles. The largest absolute Gasteiger partial charge is 0.497 e. The summed E-state index contributed by atoms with van der Waals surface area (Å²) in [6, 6.07) is 7.75. The van der Waals surface area contributed by atoms with Gasteiger partial charge in [-0.1, -0.05) is 23.1 Å². The van der Waals surface area contributed by atoms with E-state index in [0.717, 1.165) is 26.3 Å². The molecule has 1 aromatic heterocycles. The van der Waals surface area contributed by atoms with Crippen LogP contribution in [0.25, 0.3) is 11.3 Å². The molecule has 0 atom stereocenters. The summed E-state index contributed by atoms with van der Waals surface area (Å²) in [4.78, 5) is 4.47. The van der Waals surface area contributed by atoms with Crippen LogP contribution >= 0.6 is 23.1 Å². The maximum Gasteiger partial charge on any atom is 0.152 e. The van der Waals surface area contributed by atoms with Crippen LogP contribution in [0.1, 0.15) is 0 Å². The highest BCUT2D eigenvalue weighted by molar-refractivity contribution is 8.00. The molecule has 3 nitrogen and oxygen atoms in total. The number of anilines is 1. The van der Waals surface area contributed by atoms with Crippen molar-refractivity contribution in [2.45, 2.75) is 4.34 Å². The first-order valence-corrected chi connectivity index (χ1v) is 6.73. The number of hydrogen-bond acceptors (Lipinski definition) is 5. The SMILES string of the molecule is COc1ccc(-c2nc(SC)sc2N)cc1. The minimum Gasteiger partial charge on any atom is -0.497 e. The van der Waals surface area contributed by atoms with Gasteiger partial charge >= 0.3 is 0 Å². The second-order valence-corrected chi connectivity index (χ2v) is 5.21. The highest BCUT2D eigenvalue weighted by atomic mass is 32.2. The van der Waals surface area contributed by atoms with E-state index in [2.05, 4.69) is 4.98 Å². The van der Waals surface area contributed by atoms with Gasteiger partial charge in [-0.25, -0.2) is 4.98 Å². The van der Waals surface area contributed by atoms with Crippen LogP contribution in [0.5, 0.6) is 5.75 Å². The summed E-state index contributed by atoms with van der Waals surface area (Å²) in [5.41, 5.74) is 7.81. The first-order chi connectivity index (χ1) is 7.74. The van der Waals surface area contributed by atoms with E-state index in [-0.39, 0.29) is 0 Å². The van der Waals surface area contributed by atoms with Crippen LogP contribution < -0.4 is 10.5 Å². The van der Waals surface area contributed by atoms with E-state index in [9.17, 15) is 0 Å². The summed E-state index contributed by atoms with van der Waals surface area (Å²) in [7, 11) is 1.65. The minimum atomic E-state index is 0.759. The Kier molecular flexibility index (Phi) is 3.36. The van der Waals surface area contributed by atoms with Crippen molar-refractivity contribution in [2.24, 2.45) is 0 Å². The van der Waals surface area contributed by atoms with Crippen LogP contribution in [0.15, 0.2) is 28.6 Å². The van der Waals surface area contributed by atoms with Gasteiger partial charge in [0.2, 0.25) is 0 Å². The molecule has 0 amide bonds. The van der Waals surface area contributed by atoms with Gasteiger partial charge in [0.25, 0.3) is 0 Å². The van der Waals surface area contributed by atoms with E-state index < -0.39 is 0 Å². The smallest absolute Gasteiger partial charge is 0.152 e. The average Bonchev–Trinajstić information content (AvgIpc) is 2.71. The summed E-state index contributed by atoms with van der Waals surface area (Å²) in [6.45, 7) is 0. The first-order valence-electron chi connectivity index (χ1n) is 4.69. The molecule has 1 aromatic carbocycles. The highest BCUT2D eigenvalue weighted by Gasteiger charge is 2.09. The van der Waals surface area contributed by atoms with Gasteiger partial charge in [0.1, 0.15) is 16.4 Å². The normalized spacial score (nSPS) is 10.4. The number of methoxy groups -OCH3 is 1. The van der Waals surface area contributed by atoms with E-state index in [1.807, 2.05) is 30.5 Å². The lowest BCUT2D eigenvalue weighted by Gasteiger charge is -2.01. The van der Waals surface area contributed by atoms with Gasteiger partial charge in [-0.3, -0.25) is 0 Å². The maximum absolute atomic E-state index is 5.93. The Balaban J connectivity index is 2.38. The zero-order chi connectivity index (χ0) is 11.5. The molecule has 2 rings (SSSR count). The monoisotopic (exact) mass is 252 g/mol. The molecule has 0 saturated heterocycles. The van der Waals surface area contributed by atoms with Crippen LogP contribution in [0.3, 0.4) is 0 Å². The Morgan fingerprint density at radius 2 is 2.00 bits per heavy atom. The second kappa shape index (κ2) is 4.76. The summed E-state index contributed by atoms with van der Waals surface area (Å²) in [5.74, 6) is 0.836. The average molecular weight is 252 g/mol. The molecular formula is C11H12N2OS2. The molecule has 0 aliphatic carbocycles. The van der Waals surface area contributed by atoms with Gasteiger partial charge in [0.05, 0.1) is 7.11 Å². The zero-order valence-electron chi connectivity index (χ0n) is 9.06. The lowest BCUT2D eigenvalue weighted by Crippen LogP contribution is -1.86. The zero-order valence-corrected chi connectivity index (χ0v) is 10.7. The van der Waals surface area contributed by atoms with Crippen molar-refractivity contribution in [1.82, 2.24) is 4.98 Å². The molecule has 16 heavy (non-hydrogen) atoms. The van der Waals surface area contributed by atoms with Crippen molar-refractivity contribution < 1.29 is 4.74 Å². The maximum atomic E-state index is 5.93. The van der Waals surface area contributed by atoms with E-state index in [1.54, 1.807) is 18.9 Å². The molecule has 0 bridgehead atoms. The number of ether oxygens (including phenoxy) is 1. The van der Waals surface area contributed by atoms with Gasteiger partial charge in [-0.15, -0.1) is 0 Å². The predicted octanol–water partition coefficient (Wildman–Crippen LogP) is 3.12. The van der Waals surface area contributed by atoms with Crippen molar-refractivity contribution in [3.63, 3.8) is 0 Å². The second-order valence-electron chi connectivity index (χ2n) is 3.13. The Hall–Kier alpha value is -1.20. The number of nitrogen functional groups attached to an aromatic ring is 1. The van der Waals surface area contributed by atoms with E-state index in [4.69, 9.17) is 10.5 Å². The summed E-state index contributed by atoms with van der Waals surface area (Å²) >= 11 is 3.13. The topological polar surface area (TPSA) is 48.1 Å². The van der Waals surface area contributed by atoms with E-state index >= 15 is 0 Å². The van der Waals surface area contributed by atoms with Crippen molar-refractivity contribution >= 4 is 28.1 Å². The fourth-order valence-electron chi connectivity index (χ4n) is 1.35. The summed E-state index contributed by atoms with van der Waals surface area (Å²) in [5, 5.41) is 0.759. The molecule has 0 unspecified atom stereocenters. The van der Waals surface area contributed by atoms with E-state index in [1.165, 1.54) is 11.3 Å². The van der Waals surface area contributed by atoms with Gasteiger partial charge in [-0.05, 0) is 30.5 Å². The molecule has 0 aliphatic heterocycles. The number of hydrogen-bond donors (Lipinski definition) is 1. The third-order valence-electron chi connectivity index (χ3n) is 2.17. The predicted molar refractivity (Wildman–Crippen MR) is 70.3 cm³/mol. The van der Waals surface area contributed by atoms with Crippen LogP contribution in [-0.2, 0) is 0 Å². The molecule has 1 heterocycles. The minimum absolute atomic E-state index is 0.759. The Morgan fingerprint density at radius 1 is 1.31 bits per heavy atom. The van der Waals surface area contributed by atoms with Gasteiger partial charge < -0.3 is 10.5 Å². The molecule has 2 N–H and O–H groups in total.